The Balaban J connectivity index is 2.05. The van der Waals surface area contributed by atoms with Crippen molar-refractivity contribution in [2.75, 3.05) is 26.9 Å². The first-order valence-corrected chi connectivity index (χ1v) is 7.70. The Labute approximate surface area is 127 Å². The number of hydrogen-bond donors (Lipinski definition) is 0. The fourth-order valence-corrected chi connectivity index (χ4v) is 2.86. The van der Waals surface area contributed by atoms with E-state index in [1.807, 2.05) is 12.1 Å². The van der Waals surface area contributed by atoms with Gasteiger partial charge in [0.1, 0.15) is 0 Å². The molecule has 0 spiro atoms. The summed E-state index contributed by atoms with van der Waals surface area (Å²) in [5.74, 6) is 2.48. The molecule has 3 nitrogen and oxygen atoms in total. The van der Waals surface area contributed by atoms with Crippen LogP contribution >= 0.6 is 27.5 Å². The molecule has 0 amide bonds. The molecular weight excluding hydrogens is 332 g/mol. The average Bonchev–Trinajstić information content (AvgIpc) is 2.46. The van der Waals surface area contributed by atoms with Gasteiger partial charge in [-0.25, -0.2) is 0 Å². The van der Waals surface area contributed by atoms with Gasteiger partial charge in [0.05, 0.1) is 18.2 Å². The van der Waals surface area contributed by atoms with Crippen LogP contribution in [0.1, 0.15) is 18.4 Å². The normalized spacial score (nSPS) is 16.4. The minimum absolute atomic E-state index is 0.454. The molecule has 1 fully saturated rings. The Bertz CT molecular complexity index is 419. The summed E-state index contributed by atoms with van der Waals surface area (Å²) in [4.78, 5) is 0. The van der Waals surface area contributed by atoms with Crippen molar-refractivity contribution in [2.24, 2.45) is 5.92 Å². The molecule has 0 aliphatic carbocycles. The monoisotopic (exact) mass is 348 g/mol. The van der Waals surface area contributed by atoms with Crippen molar-refractivity contribution >= 4 is 27.5 Å². The zero-order chi connectivity index (χ0) is 13.7. The van der Waals surface area contributed by atoms with E-state index in [0.717, 1.165) is 47.6 Å². The highest BCUT2D eigenvalue weighted by molar-refractivity contribution is 9.10. The molecule has 1 aliphatic rings. The van der Waals surface area contributed by atoms with Gasteiger partial charge in [-0.15, -0.1) is 11.6 Å². The second-order valence-electron chi connectivity index (χ2n) is 4.61. The van der Waals surface area contributed by atoms with Gasteiger partial charge in [-0.2, -0.15) is 0 Å². The van der Waals surface area contributed by atoms with Crippen molar-refractivity contribution in [3.63, 3.8) is 0 Å². The molecule has 1 aliphatic heterocycles. The quantitative estimate of drug-likeness (QED) is 0.752. The van der Waals surface area contributed by atoms with Gasteiger partial charge in [0.2, 0.25) is 0 Å². The fourth-order valence-electron chi connectivity index (χ4n) is 2.10. The Hall–Kier alpha value is -0.450. The fraction of sp³-hybridized carbons (Fsp3) is 0.571. The Morgan fingerprint density at radius 1 is 1.37 bits per heavy atom. The molecule has 2 rings (SSSR count). The molecule has 0 bridgehead atoms. The minimum atomic E-state index is 0.454. The van der Waals surface area contributed by atoms with Gasteiger partial charge < -0.3 is 14.2 Å². The van der Waals surface area contributed by atoms with Gasteiger partial charge in [0, 0.05) is 19.1 Å². The lowest BCUT2D eigenvalue weighted by Gasteiger charge is -2.23. The van der Waals surface area contributed by atoms with Crippen LogP contribution in [0.5, 0.6) is 11.5 Å². The van der Waals surface area contributed by atoms with Crippen molar-refractivity contribution in [3.8, 4) is 11.5 Å². The molecule has 0 aromatic heterocycles. The molecule has 1 saturated heterocycles. The summed E-state index contributed by atoms with van der Waals surface area (Å²) in [5, 5.41) is 0. The van der Waals surface area contributed by atoms with Crippen LogP contribution in [0, 0.1) is 5.92 Å². The Morgan fingerprint density at radius 3 is 2.74 bits per heavy atom. The molecule has 0 radical (unpaired) electrons. The first-order chi connectivity index (χ1) is 9.24. The van der Waals surface area contributed by atoms with Gasteiger partial charge in [0.15, 0.2) is 11.5 Å². The smallest absolute Gasteiger partial charge is 0.175 e. The third-order valence-electron chi connectivity index (χ3n) is 3.25. The first kappa shape index (κ1) is 14.9. The van der Waals surface area contributed by atoms with E-state index < -0.39 is 0 Å². The minimum Gasteiger partial charge on any atom is -0.493 e. The van der Waals surface area contributed by atoms with E-state index in [1.165, 1.54) is 0 Å². The predicted molar refractivity (Wildman–Crippen MR) is 79.3 cm³/mol. The van der Waals surface area contributed by atoms with E-state index in [2.05, 4.69) is 15.9 Å². The van der Waals surface area contributed by atoms with Gasteiger partial charge in [-0.1, -0.05) is 0 Å². The van der Waals surface area contributed by atoms with Crippen LogP contribution in [0.2, 0.25) is 0 Å². The first-order valence-electron chi connectivity index (χ1n) is 6.37. The van der Waals surface area contributed by atoms with Crippen LogP contribution in [0.3, 0.4) is 0 Å². The van der Waals surface area contributed by atoms with E-state index in [4.69, 9.17) is 25.8 Å². The lowest BCUT2D eigenvalue weighted by molar-refractivity contribution is 0.0492. The maximum atomic E-state index is 5.93. The van der Waals surface area contributed by atoms with Gasteiger partial charge in [-0.3, -0.25) is 0 Å². The van der Waals surface area contributed by atoms with Crippen LogP contribution < -0.4 is 9.47 Å². The predicted octanol–water partition coefficient (Wildman–Crippen LogP) is 4.00. The van der Waals surface area contributed by atoms with Crippen molar-refractivity contribution in [1.82, 2.24) is 0 Å². The van der Waals surface area contributed by atoms with E-state index in [1.54, 1.807) is 7.11 Å². The summed E-state index contributed by atoms with van der Waals surface area (Å²) < 4.78 is 17.5. The molecular formula is C14H18BrClO3. The standard InChI is InChI=1S/C14H18BrClO3/c1-17-13-7-11(8-16)6-12(15)14(13)19-9-10-2-4-18-5-3-10/h6-7,10H,2-5,8-9H2,1H3. The lowest BCUT2D eigenvalue weighted by Crippen LogP contribution is -2.21. The molecule has 0 unspecified atom stereocenters. The number of hydrogen-bond acceptors (Lipinski definition) is 3. The second-order valence-corrected chi connectivity index (χ2v) is 5.73. The molecule has 1 heterocycles. The second kappa shape index (κ2) is 7.36. The average molecular weight is 350 g/mol. The summed E-state index contributed by atoms with van der Waals surface area (Å²) in [6.07, 6.45) is 2.11. The van der Waals surface area contributed by atoms with E-state index >= 15 is 0 Å². The van der Waals surface area contributed by atoms with Crippen LogP contribution in [0.4, 0.5) is 0 Å². The highest BCUT2D eigenvalue weighted by Crippen LogP contribution is 2.37. The van der Waals surface area contributed by atoms with Crippen LogP contribution in [-0.4, -0.2) is 26.9 Å². The summed E-state index contributed by atoms with van der Waals surface area (Å²) in [6, 6.07) is 3.88. The molecule has 1 aromatic carbocycles. The van der Waals surface area contributed by atoms with Crippen LogP contribution in [0.15, 0.2) is 16.6 Å². The van der Waals surface area contributed by atoms with Crippen LogP contribution in [-0.2, 0) is 10.6 Å². The van der Waals surface area contributed by atoms with Crippen molar-refractivity contribution in [2.45, 2.75) is 18.7 Å². The lowest BCUT2D eigenvalue weighted by atomic mass is 10.0. The van der Waals surface area contributed by atoms with Gasteiger partial charge in [-0.05, 0) is 52.4 Å². The maximum absolute atomic E-state index is 5.93. The zero-order valence-corrected chi connectivity index (χ0v) is 13.3. The van der Waals surface area contributed by atoms with Crippen molar-refractivity contribution in [1.29, 1.82) is 0 Å². The van der Waals surface area contributed by atoms with Crippen LogP contribution in [0.25, 0.3) is 0 Å². The Kier molecular flexibility index (Phi) is 5.79. The van der Waals surface area contributed by atoms with E-state index in [-0.39, 0.29) is 0 Å². The van der Waals surface area contributed by atoms with Crippen molar-refractivity contribution in [3.05, 3.63) is 22.2 Å². The summed E-state index contributed by atoms with van der Waals surface area (Å²) in [6.45, 7) is 2.35. The molecule has 0 N–H and O–H groups in total. The zero-order valence-electron chi connectivity index (χ0n) is 11.0. The number of rotatable bonds is 5. The molecule has 0 atom stereocenters. The molecule has 5 heteroatoms. The number of methoxy groups -OCH3 is 1. The largest absolute Gasteiger partial charge is 0.493 e. The summed E-state index contributed by atoms with van der Waals surface area (Å²) in [7, 11) is 1.64. The summed E-state index contributed by atoms with van der Waals surface area (Å²) in [5.41, 5.74) is 1.00. The number of alkyl halides is 1. The van der Waals surface area contributed by atoms with E-state index in [9.17, 15) is 0 Å². The number of halogens is 2. The molecule has 106 valence electrons. The molecule has 1 aromatic rings. The molecule has 19 heavy (non-hydrogen) atoms. The third kappa shape index (κ3) is 4.01. The topological polar surface area (TPSA) is 27.7 Å². The third-order valence-corrected chi connectivity index (χ3v) is 4.15. The maximum Gasteiger partial charge on any atom is 0.175 e. The Morgan fingerprint density at radius 2 is 2.11 bits per heavy atom. The SMILES string of the molecule is COc1cc(CCl)cc(Br)c1OCC1CCOCC1. The van der Waals surface area contributed by atoms with Gasteiger partial charge >= 0.3 is 0 Å². The van der Waals surface area contributed by atoms with Crippen molar-refractivity contribution < 1.29 is 14.2 Å². The van der Waals surface area contributed by atoms with Gasteiger partial charge in [0.25, 0.3) is 0 Å². The number of ether oxygens (including phenoxy) is 3. The molecule has 0 saturated carbocycles. The number of benzene rings is 1. The summed E-state index contributed by atoms with van der Waals surface area (Å²) >= 11 is 9.36. The highest BCUT2D eigenvalue weighted by Gasteiger charge is 2.17. The van der Waals surface area contributed by atoms with E-state index in [0.29, 0.717) is 18.4 Å². The highest BCUT2D eigenvalue weighted by atomic mass is 79.9.